The molecule has 2 heterocycles. The van der Waals surface area contributed by atoms with Crippen molar-refractivity contribution in [2.75, 3.05) is 13.1 Å². The molecular formula is C16H26N4O2. The zero-order valence-electron chi connectivity index (χ0n) is 13.3. The first kappa shape index (κ1) is 15.5. The van der Waals surface area contributed by atoms with E-state index in [0.717, 1.165) is 0 Å². The van der Waals surface area contributed by atoms with Gasteiger partial charge in [-0.3, -0.25) is 4.79 Å². The summed E-state index contributed by atoms with van der Waals surface area (Å²) in [5.74, 6) is 0.876. The molecule has 0 spiro atoms. The minimum absolute atomic E-state index is 0.207. The average Bonchev–Trinajstić information content (AvgIpc) is 2.76. The van der Waals surface area contributed by atoms with Crippen molar-refractivity contribution in [3.05, 3.63) is 11.9 Å². The zero-order valence-corrected chi connectivity index (χ0v) is 13.3. The Kier molecular flexibility index (Phi) is 4.76. The third kappa shape index (κ3) is 3.48. The highest BCUT2D eigenvalue weighted by molar-refractivity contribution is 5.77. The van der Waals surface area contributed by atoms with Crippen LogP contribution in [0, 0.1) is 5.92 Å². The highest BCUT2D eigenvalue weighted by Crippen LogP contribution is 2.28. The van der Waals surface area contributed by atoms with Crippen molar-refractivity contribution < 1.29 is 9.90 Å². The van der Waals surface area contributed by atoms with E-state index in [1.54, 1.807) is 17.8 Å². The normalized spacial score (nSPS) is 22.2. The number of rotatable bonds is 4. The summed E-state index contributed by atoms with van der Waals surface area (Å²) >= 11 is 0. The van der Waals surface area contributed by atoms with E-state index in [2.05, 4.69) is 10.3 Å². The molecule has 1 saturated heterocycles. The zero-order chi connectivity index (χ0) is 15.5. The van der Waals surface area contributed by atoms with Crippen molar-refractivity contribution in [2.45, 2.75) is 64.0 Å². The van der Waals surface area contributed by atoms with Gasteiger partial charge in [-0.15, -0.1) is 5.10 Å². The second-order valence-electron chi connectivity index (χ2n) is 6.81. The van der Waals surface area contributed by atoms with Gasteiger partial charge in [0.15, 0.2) is 0 Å². The SMILES string of the molecule is C[C@@H](O)c1cn(C2CN(C(=O)CC3CCCCCC3)C2)nn1. The molecule has 1 aliphatic carbocycles. The van der Waals surface area contributed by atoms with Gasteiger partial charge in [0.25, 0.3) is 0 Å². The number of hydrogen-bond acceptors (Lipinski definition) is 4. The van der Waals surface area contributed by atoms with Crippen molar-refractivity contribution in [1.82, 2.24) is 19.9 Å². The fourth-order valence-electron chi connectivity index (χ4n) is 3.43. The second-order valence-corrected chi connectivity index (χ2v) is 6.81. The number of aliphatic hydroxyl groups is 1. The third-order valence-corrected chi connectivity index (χ3v) is 4.98. The highest BCUT2D eigenvalue weighted by atomic mass is 16.3. The molecular weight excluding hydrogens is 280 g/mol. The Balaban J connectivity index is 1.46. The van der Waals surface area contributed by atoms with Gasteiger partial charge in [-0.05, 0) is 25.7 Å². The monoisotopic (exact) mass is 306 g/mol. The van der Waals surface area contributed by atoms with Crippen molar-refractivity contribution in [3.8, 4) is 0 Å². The second kappa shape index (κ2) is 6.77. The van der Waals surface area contributed by atoms with E-state index in [-0.39, 0.29) is 6.04 Å². The van der Waals surface area contributed by atoms with Crippen LogP contribution < -0.4 is 0 Å². The van der Waals surface area contributed by atoms with Crippen LogP contribution in [0.2, 0.25) is 0 Å². The first-order valence-corrected chi connectivity index (χ1v) is 8.51. The van der Waals surface area contributed by atoms with E-state index in [1.807, 2.05) is 4.90 Å². The fourth-order valence-corrected chi connectivity index (χ4v) is 3.43. The first-order valence-electron chi connectivity index (χ1n) is 8.51. The minimum atomic E-state index is -0.596. The fraction of sp³-hybridized carbons (Fsp3) is 0.812. The summed E-state index contributed by atoms with van der Waals surface area (Å²) in [5, 5.41) is 17.5. The lowest BCUT2D eigenvalue weighted by Crippen LogP contribution is -2.51. The molecule has 22 heavy (non-hydrogen) atoms. The van der Waals surface area contributed by atoms with E-state index in [1.165, 1.54) is 38.5 Å². The number of aromatic nitrogens is 3. The molecule has 2 fully saturated rings. The number of carbonyl (C=O) groups is 1. The van der Waals surface area contributed by atoms with Gasteiger partial charge in [-0.1, -0.05) is 30.9 Å². The van der Waals surface area contributed by atoms with Gasteiger partial charge in [-0.25, -0.2) is 4.68 Å². The Labute approximate surface area is 131 Å². The Bertz CT molecular complexity index is 500. The van der Waals surface area contributed by atoms with E-state index < -0.39 is 6.10 Å². The molecule has 122 valence electrons. The molecule has 1 amide bonds. The molecule has 2 aliphatic rings. The molecule has 1 aromatic heterocycles. The topological polar surface area (TPSA) is 71.2 Å². The Morgan fingerprint density at radius 1 is 1.32 bits per heavy atom. The maximum atomic E-state index is 12.3. The molecule has 0 bridgehead atoms. The van der Waals surface area contributed by atoms with Crippen LogP contribution in [0.5, 0.6) is 0 Å². The first-order chi connectivity index (χ1) is 10.6. The van der Waals surface area contributed by atoms with E-state index >= 15 is 0 Å². The Hall–Kier alpha value is -1.43. The molecule has 1 aromatic rings. The van der Waals surface area contributed by atoms with Crippen LogP contribution in [-0.4, -0.2) is 44.0 Å². The molecule has 1 saturated carbocycles. The van der Waals surface area contributed by atoms with Gasteiger partial charge in [0.1, 0.15) is 5.69 Å². The van der Waals surface area contributed by atoms with Gasteiger partial charge in [0.05, 0.1) is 18.3 Å². The number of carbonyl (C=O) groups excluding carboxylic acids is 1. The van der Waals surface area contributed by atoms with Crippen LogP contribution in [-0.2, 0) is 4.79 Å². The summed E-state index contributed by atoms with van der Waals surface area (Å²) < 4.78 is 1.78. The molecule has 1 N–H and O–H groups in total. The number of likely N-dealkylation sites (tertiary alicyclic amines) is 1. The minimum Gasteiger partial charge on any atom is -0.387 e. The van der Waals surface area contributed by atoms with Crippen molar-refractivity contribution in [3.63, 3.8) is 0 Å². The molecule has 0 aromatic carbocycles. The summed E-state index contributed by atoms with van der Waals surface area (Å²) in [5.41, 5.74) is 0.586. The Morgan fingerprint density at radius 2 is 2.00 bits per heavy atom. The lowest BCUT2D eigenvalue weighted by Gasteiger charge is -2.39. The Morgan fingerprint density at radius 3 is 2.59 bits per heavy atom. The summed E-state index contributed by atoms with van der Waals surface area (Å²) in [6, 6.07) is 0.207. The predicted octanol–water partition coefficient (Wildman–Crippen LogP) is 2.08. The van der Waals surface area contributed by atoms with Gasteiger partial charge < -0.3 is 10.0 Å². The molecule has 1 aliphatic heterocycles. The third-order valence-electron chi connectivity index (χ3n) is 4.98. The van der Waals surface area contributed by atoms with E-state index in [4.69, 9.17) is 0 Å². The highest BCUT2D eigenvalue weighted by Gasteiger charge is 2.33. The largest absolute Gasteiger partial charge is 0.387 e. The molecule has 6 nitrogen and oxygen atoms in total. The summed E-state index contributed by atoms with van der Waals surface area (Å²) in [7, 11) is 0. The van der Waals surface area contributed by atoms with Crippen molar-refractivity contribution in [2.24, 2.45) is 5.92 Å². The van der Waals surface area contributed by atoms with Gasteiger partial charge in [-0.2, -0.15) is 0 Å². The van der Waals surface area contributed by atoms with Crippen LogP contribution in [0.4, 0.5) is 0 Å². The maximum absolute atomic E-state index is 12.3. The number of nitrogens with zero attached hydrogens (tertiary/aromatic N) is 4. The van der Waals surface area contributed by atoms with E-state index in [9.17, 15) is 9.90 Å². The van der Waals surface area contributed by atoms with Crippen LogP contribution >= 0.6 is 0 Å². The van der Waals surface area contributed by atoms with Crippen LogP contribution in [0.1, 0.15) is 69.7 Å². The molecule has 1 atom stereocenters. The molecule has 3 rings (SSSR count). The van der Waals surface area contributed by atoms with Crippen molar-refractivity contribution in [1.29, 1.82) is 0 Å². The standard InChI is InChI=1S/C16H26N4O2/c1-12(21)15-11-20(18-17-15)14-9-19(10-14)16(22)8-13-6-4-2-3-5-7-13/h11-14,21H,2-10H2,1H3/t12-/m1/s1. The lowest BCUT2D eigenvalue weighted by molar-refractivity contribution is -0.138. The number of hydrogen-bond donors (Lipinski definition) is 1. The lowest BCUT2D eigenvalue weighted by atomic mass is 9.95. The van der Waals surface area contributed by atoms with Gasteiger partial charge >= 0.3 is 0 Å². The van der Waals surface area contributed by atoms with Crippen LogP contribution in [0.3, 0.4) is 0 Å². The van der Waals surface area contributed by atoms with Crippen LogP contribution in [0.15, 0.2) is 6.20 Å². The van der Waals surface area contributed by atoms with Crippen molar-refractivity contribution >= 4 is 5.91 Å². The van der Waals surface area contributed by atoms with Gasteiger partial charge in [0.2, 0.25) is 5.91 Å². The average molecular weight is 306 g/mol. The quantitative estimate of drug-likeness (QED) is 0.865. The summed E-state index contributed by atoms with van der Waals surface area (Å²) in [4.78, 5) is 14.3. The van der Waals surface area contributed by atoms with E-state index in [0.29, 0.717) is 37.0 Å². The smallest absolute Gasteiger partial charge is 0.222 e. The van der Waals surface area contributed by atoms with Crippen LogP contribution in [0.25, 0.3) is 0 Å². The molecule has 0 unspecified atom stereocenters. The van der Waals surface area contributed by atoms with Gasteiger partial charge in [0, 0.05) is 19.5 Å². The number of amides is 1. The maximum Gasteiger partial charge on any atom is 0.222 e. The molecule has 0 radical (unpaired) electrons. The molecule has 6 heteroatoms. The summed E-state index contributed by atoms with van der Waals surface area (Å²) in [6.45, 7) is 3.11. The predicted molar refractivity (Wildman–Crippen MR) is 82.1 cm³/mol. The number of aliphatic hydroxyl groups excluding tert-OH is 1. The summed E-state index contributed by atoms with van der Waals surface area (Å²) in [6.07, 6.45) is 9.53.